The summed E-state index contributed by atoms with van der Waals surface area (Å²) in [5, 5.41) is 13.6. The molecule has 0 aromatic heterocycles. The van der Waals surface area contributed by atoms with Gasteiger partial charge in [0.2, 0.25) is 0 Å². The minimum Gasteiger partial charge on any atom is -0.486 e. The van der Waals surface area contributed by atoms with Crippen LogP contribution in [0.15, 0.2) is 18.2 Å². The van der Waals surface area contributed by atoms with Crippen LogP contribution < -0.4 is 14.8 Å². The van der Waals surface area contributed by atoms with Crippen molar-refractivity contribution < 1.29 is 14.6 Å². The molecule has 0 radical (unpaired) electrons. The molecule has 3 rings (SSSR count). The fourth-order valence-electron chi connectivity index (χ4n) is 2.69. The summed E-state index contributed by atoms with van der Waals surface area (Å²) in [5.74, 6) is 1.50. The molecule has 1 heterocycles. The van der Waals surface area contributed by atoms with Gasteiger partial charge in [0.25, 0.3) is 0 Å². The first-order chi connectivity index (χ1) is 9.72. The molecule has 1 fully saturated rings. The molecule has 110 valence electrons. The number of aliphatic hydroxyl groups excluding tert-OH is 1. The summed E-state index contributed by atoms with van der Waals surface area (Å²) in [4.78, 5) is 0. The highest BCUT2D eigenvalue weighted by Gasteiger charge is 2.39. The average Bonchev–Trinajstić information content (AvgIpc) is 3.27. The molecule has 4 nitrogen and oxygen atoms in total. The van der Waals surface area contributed by atoms with Gasteiger partial charge in [0.1, 0.15) is 13.2 Å². The van der Waals surface area contributed by atoms with E-state index in [9.17, 15) is 5.11 Å². The summed E-state index contributed by atoms with van der Waals surface area (Å²) in [6.07, 6.45) is 3.35. The topological polar surface area (TPSA) is 50.7 Å². The molecule has 1 saturated carbocycles. The van der Waals surface area contributed by atoms with Gasteiger partial charge in [-0.05, 0) is 42.4 Å². The Morgan fingerprint density at radius 3 is 2.70 bits per heavy atom. The fraction of sp³-hybridized carbons (Fsp3) is 0.625. The van der Waals surface area contributed by atoms with Gasteiger partial charge in [-0.15, -0.1) is 0 Å². The lowest BCUT2D eigenvalue weighted by Crippen LogP contribution is -2.28. The second-order valence-electron chi connectivity index (χ2n) is 5.90. The first-order valence-electron chi connectivity index (χ1n) is 7.51. The predicted molar refractivity (Wildman–Crippen MR) is 77.2 cm³/mol. The Bertz CT molecular complexity index is 471. The molecule has 1 aliphatic carbocycles. The SMILES string of the molecule is CCC1(CNCC(O)c2ccc3c(c2)OCCO3)CC1. The Balaban J connectivity index is 1.55. The number of fused-ring (bicyclic) bond motifs is 1. The maximum atomic E-state index is 10.3. The maximum Gasteiger partial charge on any atom is 0.161 e. The molecule has 20 heavy (non-hydrogen) atoms. The highest BCUT2D eigenvalue weighted by molar-refractivity contribution is 5.44. The van der Waals surface area contributed by atoms with E-state index in [2.05, 4.69) is 12.2 Å². The van der Waals surface area contributed by atoms with Crippen molar-refractivity contribution in [1.82, 2.24) is 5.32 Å². The molecule has 0 saturated heterocycles. The Kier molecular flexibility index (Phi) is 3.85. The second kappa shape index (κ2) is 5.62. The second-order valence-corrected chi connectivity index (χ2v) is 5.90. The molecular weight excluding hydrogens is 254 g/mol. The maximum absolute atomic E-state index is 10.3. The summed E-state index contributed by atoms with van der Waals surface area (Å²) in [6, 6.07) is 5.67. The molecule has 1 aliphatic heterocycles. The minimum absolute atomic E-state index is 0.501. The predicted octanol–water partition coefficient (Wildman–Crippen LogP) is 2.27. The van der Waals surface area contributed by atoms with E-state index in [0.29, 0.717) is 25.2 Å². The van der Waals surface area contributed by atoms with Crippen molar-refractivity contribution >= 4 is 0 Å². The van der Waals surface area contributed by atoms with E-state index in [1.807, 2.05) is 18.2 Å². The van der Waals surface area contributed by atoms with E-state index in [0.717, 1.165) is 23.6 Å². The molecule has 0 spiro atoms. The Morgan fingerprint density at radius 2 is 2.00 bits per heavy atom. The monoisotopic (exact) mass is 277 g/mol. The number of rotatable bonds is 6. The van der Waals surface area contributed by atoms with Gasteiger partial charge in [-0.1, -0.05) is 13.0 Å². The largest absolute Gasteiger partial charge is 0.486 e. The van der Waals surface area contributed by atoms with E-state index in [4.69, 9.17) is 9.47 Å². The summed E-state index contributed by atoms with van der Waals surface area (Å²) < 4.78 is 11.0. The van der Waals surface area contributed by atoms with Gasteiger partial charge in [0.15, 0.2) is 11.5 Å². The smallest absolute Gasteiger partial charge is 0.161 e. The molecule has 1 aromatic carbocycles. The van der Waals surface area contributed by atoms with Crippen LogP contribution in [-0.2, 0) is 0 Å². The van der Waals surface area contributed by atoms with E-state index in [-0.39, 0.29) is 0 Å². The van der Waals surface area contributed by atoms with Gasteiger partial charge >= 0.3 is 0 Å². The lowest BCUT2D eigenvalue weighted by Gasteiger charge is -2.21. The van der Waals surface area contributed by atoms with E-state index in [1.54, 1.807) is 0 Å². The van der Waals surface area contributed by atoms with Crippen LogP contribution in [-0.4, -0.2) is 31.4 Å². The van der Waals surface area contributed by atoms with Crippen LogP contribution >= 0.6 is 0 Å². The van der Waals surface area contributed by atoms with Gasteiger partial charge < -0.3 is 19.9 Å². The van der Waals surface area contributed by atoms with Gasteiger partial charge in [0, 0.05) is 13.1 Å². The van der Waals surface area contributed by atoms with Crippen molar-refractivity contribution in [3.63, 3.8) is 0 Å². The first-order valence-corrected chi connectivity index (χ1v) is 7.51. The lowest BCUT2D eigenvalue weighted by atomic mass is 10.0. The molecule has 1 atom stereocenters. The van der Waals surface area contributed by atoms with Gasteiger partial charge in [0.05, 0.1) is 6.10 Å². The van der Waals surface area contributed by atoms with Gasteiger partial charge in [-0.3, -0.25) is 0 Å². The average molecular weight is 277 g/mol. The van der Waals surface area contributed by atoms with Gasteiger partial charge in [-0.25, -0.2) is 0 Å². The van der Waals surface area contributed by atoms with Crippen molar-refractivity contribution in [2.75, 3.05) is 26.3 Å². The number of hydrogen-bond acceptors (Lipinski definition) is 4. The third-order valence-electron chi connectivity index (χ3n) is 4.50. The molecular formula is C16H23NO3. The van der Waals surface area contributed by atoms with Crippen LogP contribution in [0.4, 0.5) is 0 Å². The molecule has 4 heteroatoms. The molecule has 2 N–H and O–H groups in total. The Labute approximate surface area is 120 Å². The van der Waals surface area contributed by atoms with Gasteiger partial charge in [-0.2, -0.15) is 0 Å². The van der Waals surface area contributed by atoms with E-state index >= 15 is 0 Å². The van der Waals surface area contributed by atoms with E-state index < -0.39 is 6.10 Å². The van der Waals surface area contributed by atoms with Crippen molar-refractivity contribution in [2.45, 2.75) is 32.3 Å². The molecule has 0 amide bonds. The highest BCUT2D eigenvalue weighted by atomic mass is 16.6. The Hall–Kier alpha value is -1.26. The minimum atomic E-state index is -0.501. The van der Waals surface area contributed by atoms with Crippen LogP contribution in [0, 0.1) is 5.41 Å². The number of benzene rings is 1. The van der Waals surface area contributed by atoms with Crippen molar-refractivity contribution in [3.05, 3.63) is 23.8 Å². The normalized spacial score (nSPS) is 20.5. The third-order valence-corrected chi connectivity index (χ3v) is 4.50. The van der Waals surface area contributed by atoms with Crippen LogP contribution in [0.25, 0.3) is 0 Å². The zero-order valence-electron chi connectivity index (χ0n) is 12.0. The van der Waals surface area contributed by atoms with Crippen molar-refractivity contribution in [2.24, 2.45) is 5.41 Å². The lowest BCUT2D eigenvalue weighted by molar-refractivity contribution is 0.162. The number of aliphatic hydroxyl groups is 1. The quantitative estimate of drug-likeness (QED) is 0.837. The fourth-order valence-corrected chi connectivity index (χ4v) is 2.69. The summed E-state index contributed by atoms with van der Waals surface area (Å²) >= 11 is 0. The zero-order valence-corrected chi connectivity index (χ0v) is 12.0. The number of ether oxygens (including phenoxy) is 2. The molecule has 1 unspecified atom stereocenters. The van der Waals surface area contributed by atoms with Crippen LogP contribution in [0.1, 0.15) is 37.9 Å². The standard InChI is InChI=1S/C16H23NO3/c1-2-16(5-6-16)11-17-10-13(18)12-3-4-14-15(9-12)20-8-7-19-14/h3-4,9,13,17-18H,2,5-8,10-11H2,1H3. The third kappa shape index (κ3) is 2.91. The summed E-state index contributed by atoms with van der Waals surface area (Å²) in [7, 11) is 0. The van der Waals surface area contributed by atoms with E-state index in [1.165, 1.54) is 19.3 Å². The molecule has 0 bridgehead atoms. The van der Waals surface area contributed by atoms with Crippen LogP contribution in [0.5, 0.6) is 11.5 Å². The Morgan fingerprint density at radius 1 is 1.25 bits per heavy atom. The molecule has 2 aliphatic rings. The number of hydrogen-bond donors (Lipinski definition) is 2. The zero-order chi connectivity index (χ0) is 14.0. The molecule has 1 aromatic rings. The van der Waals surface area contributed by atoms with Crippen molar-refractivity contribution in [3.8, 4) is 11.5 Å². The van der Waals surface area contributed by atoms with Crippen LogP contribution in [0.2, 0.25) is 0 Å². The summed E-state index contributed by atoms with van der Waals surface area (Å²) in [6.45, 7) is 5.00. The van der Waals surface area contributed by atoms with Crippen molar-refractivity contribution in [1.29, 1.82) is 0 Å². The van der Waals surface area contributed by atoms with Crippen LogP contribution in [0.3, 0.4) is 0 Å². The number of nitrogens with one attached hydrogen (secondary N) is 1. The highest BCUT2D eigenvalue weighted by Crippen LogP contribution is 2.47. The first kappa shape index (κ1) is 13.7. The summed E-state index contributed by atoms with van der Waals surface area (Å²) in [5.41, 5.74) is 1.38.